The summed E-state index contributed by atoms with van der Waals surface area (Å²) in [4.78, 5) is -0.109. The number of ether oxygens (including phenoxy) is 1. The summed E-state index contributed by atoms with van der Waals surface area (Å²) in [6, 6.07) is 2.74. The van der Waals surface area contributed by atoms with E-state index in [1.165, 1.54) is 16.4 Å². The molecule has 0 spiro atoms. The minimum Gasteiger partial charge on any atom is -0.398 e. The third-order valence-corrected chi connectivity index (χ3v) is 5.40. The van der Waals surface area contributed by atoms with Crippen molar-refractivity contribution in [2.75, 3.05) is 32.0 Å². The van der Waals surface area contributed by atoms with Crippen molar-refractivity contribution in [1.29, 1.82) is 0 Å². The number of likely N-dealkylation sites (N-methyl/N-ethyl adjacent to an activating group) is 1. The second kappa shape index (κ2) is 7.47. The number of benzene rings is 1. The van der Waals surface area contributed by atoms with Gasteiger partial charge < -0.3 is 10.5 Å². The molecule has 0 unspecified atom stereocenters. The van der Waals surface area contributed by atoms with Crippen LogP contribution in [0.1, 0.15) is 13.8 Å². The Morgan fingerprint density at radius 3 is 2.45 bits per heavy atom. The molecule has 1 aromatic carbocycles. The molecule has 0 saturated heterocycles. The average molecular weight is 341 g/mol. The summed E-state index contributed by atoms with van der Waals surface area (Å²) in [5.74, 6) is 0. The van der Waals surface area contributed by atoms with E-state index in [0.717, 1.165) is 0 Å². The van der Waals surface area contributed by atoms with Crippen LogP contribution in [-0.4, -0.2) is 39.0 Å². The van der Waals surface area contributed by atoms with Gasteiger partial charge in [0.2, 0.25) is 10.0 Å². The second-order valence-electron chi connectivity index (χ2n) is 4.00. The lowest BCUT2D eigenvalue weighted by molar-refractivity contribution is 0.135. The number of rotatable bonds is 7. The topological polar surface area (TPSA) is 72.6 Å². The summed E-state index contributed by atoms with van der Waals surface area (Å²) < 4.78 is 31.6. The molecule has 0 atom stereocenters. The van der Waals surface area contributed by atoms with E-state index in [0.29, 0.717) is 24.8 Å². The molecule has 2 N–H and O–H groups in total. The Bertz CT molecular complexity index is 541. The first-order chi connectivity index (χ1) is 9.34. The summed E-state index contributed by atoms with van der Waals surface area (Å²) in [5, 5.41) is 0.314. The lowest BCUT2D eigenvalue weighted by atomic mass is 10.3. The van der Waals surface area contributed by atoms with Crippen LogP contribution in [0.25, 0.3) is 0 Å². The molecule has 0 radical (unpaired) electrons. The Kier molecular flexibility index (Phi) is 6.54. The highest BCUT2D eigenvalue weighted by atomic mass is 35.5. The number of hydrogen-bond acceptors (Lipinski definition) is 4. The van der Waals surface area contributed by atoms with Crippen LogP contribution in [0.15, 0.2) is 17.0 Å². The van der Waals surface area contributed by atoms with Crippen LogP contribution in [0, 0.1) is 0 Å². The summed E-state index contributed by atoms with van der Waals surface area (Å²) in [6.45, 7) is 4.97. The van der Waals surface area contributed by atoms with Gasteiger partial charge in [0, 0.05) is 24.7 Å². The Hall–Kier alpha value is -0.530. The molecule has 0 heterocycles. The number of nitrogen functional groups attached to an aromatic ring is 1. The molecule has 20 heavy (non-hydrogen) atoms. The van der Waals surface area contributed by atoms with Crippen molar-refractivity contribution < 1.29 is 13.2 Å². The van der Waals surface area contributed by atoms with Crippen molar-refractivity contribution in [3.8, 4) is 0 Å². The minimum absolute atomic E-state index is 0.0184. The molecule has 0 aromatic heterocycles. The van der Waals surface area contributed by atoms with E-state index < -0.39 is 10.0 Å². The van der Waals surface area contributed by atoms with Gasteiger partial charge in [-0.15, -0.1) is 0 Å². The van der Waals surface area contributed by atoms with Crippen LogP contribution < -0.4 is 5.73 Å². The standard InChI is InChI=1S/C12H18Cl2N2O3S/c1-3-16(5-6-19-4-2)20(17,18)12-10(14)7-9(13)8-11(12)15/h7-8H,3-6,15H2,1-2H3. The normalized spacial score (nSPS) is 12.1. The largest absolute Gasteiger partial charge is 0.398 e. The fourth-order valence-corrected chi connectivity index (χ4v) is 4.12. The van der Waals surface area contributed by atoms with E-state index in [1.807, 2.05) is 6.92 Å². The minimum atomic E-state index is -3.77. The molecule has 1 rings (SSSR count). The number of anilines is 1. The van der Waals surface area contributed by atoms with Crippen LogP contribution >= 0.6 is 23.2 Å². The predicted molar refractivity (Wildman–Crippen MR) is 81.8 cm³/mol. The maximum atomic E-state index is 12.6. The van der Waals surface area contributed by atoms with Crippen molar-refractivity contribution in [3.63, 3.8) is 0 Å². The van der Waals surface area contributed by atoms with Crippen LogP contribution in [-0.2, 0) is 14.8 Å². The summed E-state index contributed by atoms with van der Waals surface area (Å²) in [5.41, 5.74) is 5.79. The van der Waals surface area contributed by atoms with E-state index in [1.54, 1.807) is 6.92 Å². The van der Waals surface area contributed by atoms with Gasteiger partial charge in [0.25, 0.3) is 0 Å². The van der Waals surface area contributed by atoms with Gasteiger partial charge in [-0.1, -0.05) is 30.1 Å². The van der Waals surface area contributed by atoms with Crippen molar-refractivity contribution in [1.82, 2.24) is 4.31 Å². The first-order valence-corrected chi connectivity index (χ1v) is 8.36. The van der Waals surface area contributed by atoms with Gasteiger partial charge in [0.1, 0.15) is 4.90 Å². The molecule has 0 amide bonds. The first kappa shape index (κ1) is 17.5. The SMILES string of the molecule is CCOCCN(CC)S(=O)(=O)c1c(N)cc(Cl)cc1Cl. The number of halogens is 2. The van der Waals surface area contributed by atoms with Crippen molar-refractivity contribution in [3.05, 3.63) is 22.2 Å². The highest BCUT2D eigenvalue weighted by molar-refractivity contribution is 7.89. The fourth-order valence-electron chi connectivity index (χ4n) is 1.74. The van der Waals surface area contributed by atoms with Gasteiger partial charge in [-0.3, -0.25) is 0 Å². The number of hydrogen-bond donors (Lipinski definition) is 1. The zero-order chi connectivity index (χ0) is 15.3. The van der Waals surface area contributed by atoms with Crippen LogP contribution in [0.4, 0.5) is 5.69 Å². The van der Waals surface area contributed by atoms with Crippen LogP contribution in [0.3, 0.4) is 0 Å². The predicted octanol–water partition coefficient (Wildman–Crippen LogP) is 2.62. The molecule has 0 fully saturated rings. The first-order valence-electron chi connectivity index (χ1n) is 6.17. The lowest BCUT2D eigenvalue weighted by Gasteiger charge is -2.22. The monoisotopic (exact) mass is 340 g/mol. The second-order valence-corrected chi connectivity index (χ2v) is 6.72. The molecule has 0 aliphatic carbocycles. The van der Waals surface area contributed by atoms with Gasteiger partial charge in [0.15, 0.2) is 0 Å². The van der Waals surface area contributed by atoms with Gasteiger partial charge in [-0.05, 0) is 19.1 Å². The van der Waals surface area contributed by atoms with Crippen LogP contribution in [0.2, 0.25) is 10.0 Å². The van der Waals surface area contributed by atoms with Crippen molar-refractivity contribution >= 4 is 38.9 Å². The Morgan fingerprint density at radius 2 is 1.95 bits per heavy atom. The van der Waals surface area contributed by atoms with Crippen LogP contribution in [0.5, 0.6) is 0 Å². The van der Waals surface area contributed by atoms with E-state index >= 15 is 0 Å². The number of nitrogens with two attached hydrogens (primary N) is 1. The van der Waals surface area contributed by atoms with E-state index in [4.69, 9.17) is 33.7 Å². The molecule has 1 aromatic rings. The molecule has 0 saturated carbocycles. The Morgan fingerprint density at radius 1 is 1.30 bits per heavy atom. The number of nitrogens with zero attached hydrogens (tertiary/aromatic N) is 1. The third kappa shape index (κ3) is 3.99. The summed E-state index contributed by atoms with van der Waals surface area (Å²) in [7, 11) is -3.77. The van der Waals surface area contributed by atoms with E-state index in [9.17, 15) is 8.42 Å². The van der Waals surface area contributed by atoms with Gasteiger partial charge >= 0.3 is 0 Å². The zero-order valence-electron chi connectivity index (χ0n) is 11.4. The highest BCUT2D eigenvalue weighted by Crippen LogP contribution is 2.33. The fraction of sp³-hybridized carbons (Fsp3) is 0.500. The Balaban J connectivity index is 3.14. The lowest BCUT2D eigenvalue weighted by Crippen LogP contribution is -2.34. The molecule has 0 aliphatic rings. The number of sulfonamides is 1. The molecular weight excluding hydrogens is 323 g/mol. The highest BCUT2D eigenvalue weighted by Gasteiger charge is 2.28. The molecule has 0 bridgehead atoms. The molecule has 0 aliphatic heterocycles. The van der Waals surface area contributed by atoms with E-state index in [2.05, 4.69) is 0 Å². The molecule has 8 heteroatoms. The third-order valence-electron chi connectivity index (χ3n) is 2.68. The van der Waals surface area contributed by atoms with Crippen molar-refractivity contribution in [2.45, 2.75) is 18.7 Å². The van der Waals surface area contributed by atoms with Gasteiger partial charge in [0.05, 0.1) is 17.3 Å². The average Bonchev–Trinajstić information content (AvgIpc) is 2.32. The quantitative estimate of drug-likeness (QED) is 0.611. The van der Waals surface area contributed by atoms with Gasteiger partial charge in [-0.2, -0.15) is 4.31 Å². The molecule has 114 valence electrons. The van der Waals surface area contributed by atoms with Gasteiger partial charge in [-0.25, -0.2) is 8.42 Å². The maximum absolute atomic E-state index is 12.6. The maximum Gasteiger partial charge on any atom is 0.246 e. The van der Waals surface area contributed by atoms with Crippen molar-refractivity contribution in [2.24, 2.45) is 0 Å². The summed E-state index contributed by atoms with van der Waals surface area (Å²) >= 11 is 11.8. The zero-order valence-corrected chi connectivity index (χ0v) is 13.7. The smallest absolute Gasteiger partial charge is 0.246 e. The van der Waals surface area contributed by atoms with E-state index in [-0.39, 0.29) is 22.2 Å². The Labute approximate surface area is 129 Å². The summed E-state index contributed by atoms with van der Waals surface area (Å²) in [6.07, 6.45) is 0. The molecule has 5 nitrogen and oxygen atoms in total. The molecular formula is C12H18Cl2N2O3S.